The van der Waals surface area contributed by atoms with Crippen LogP contribution in [0, 0.1) is 0 Å². The second-order valence-corrected chi connectivity index (χ2v) is 4.77. The summed E-state index contributed by atoms with van der Waals surface area (Å²) in [5.41, 5.74) is 0.455. The summed E-state index contributed by atoms with van der Waals surface area (Å²) < 4.78 is 5.06. The zero-order chi connectivity index (χ0) is 13.6. The van der Waals surface area contributed by atoms with Crippen LogP contribution in [0.3, 0.4) is 0 Å². The van der Waals surface area contributed by atoms with Crippen molar-refractivity contribution in [1.82, 2.24) is 5.32 Å². The van der Waals surface area contributed by atoms with Crippen LogP contribution in [0.2, 0.25) is 0 Å². The lowest BCUT2D eigenvalue weighted by molar-refractivity contribution is -0.122. The molecule has 5 nitrogen and oxygen atoms in total. The SMILES string of the molecule is COc1ccc(CC(=O)NC(C)(C)CON)cc1. The van der Waals surface area contributed by atoms with Gasteiger partial charge >= 0.3 is 0 Å². The summed E-state index contributed by atoms with van der Waals surface area (Å²) in [6.45, 7) is 3.97. The molecule has 0 fully saturated rings. The smallest absolute Gasteiger partial charge is 0.224 e. The number of rotatable bonds is 6. The molecule has 0 unspecified atom stereocenters. The van der Waals surface area contributed by atoms with Gasteiger partial charge in [0.1, 0.15) is 5.75 Å². The average Bonchev–Trinajstić information content (AvgIpc) is 2.28. The van der Waals surface area contributed by atoms with Gasteiger partial charge in [0.25, 0.3) is 0 Å². The highest BCUT2D eigenvalue weighted by Crippen LogP contribution is 2.12. The summed E-state index contributed by atoms with van der Waals surface area (Å²) in [6, 6.07) is 7.39. The summed E-state index contributed by atoms with van der Waals surface area (Å²) in [5, 5.41) is 2.86. The minimum atomic E-state index is -0.474. The Morgan fingerprint density at radius 3 is 2.44 bits per heavy atom. The highest BCUT2D eigenvalue weighted by atomic mass is 16.6. The molecule has 0 aliphatic heterocycles. The third kappa shape index (κ3) is 4.73. The molecule has 0 saturated carbocycles. The van der Waals surface area contributed by atoms with E-state index in [2.05, 4.69) is 10.2 Å². The number of methoxy groups -OCH3 is 1. The van der Waals surface area contributed by atoms with E-state index in [4.69, 9.17) is 10.6 Å². The van der Waals surface area contributed by atoms with Gasteiger partial charge in [0.05, 0.1) is 25.7 Å². The van der Waals surface area contributed by atoms with Gasteiger partial charge in [0.2, 0.25) is 5.91 Å². The van der Waals surface area contributed by atoms with Gasteiger partial charge in [-0.2, -0.15) is 0 Å². The summed E-state index contributed by atoms with van der Waals surface area (Å²) in [4.78, 5) is 16.4. The predicted octanol–water partition coefficient (Wildman–Crippen LogP) is 1.02. The fourth-order valence-electron chi connectivity index (χ4n) is 1.59. The van der Waals surface area contributed by atoms with Crippen LogP contribution >= 0.6 is 0 Å². The third-order valence-electron chi connectivity index (χ3n) is 2.45. The number of carbonyl (C=O) groups excluding carboxylic acids is 1. The van der Waals surface area contributed by atoms with Gasteiger partial charge in [-0.15, -0.1) is 0 Å². The van der Waals surface area contributed by atoms with Crippen molar-refractivity contribution in [3.8, 4) is 5.75 Å². The molecule has 0 aliphatic carbocycles. The van der Waals surface area contributed by atoms with E-state index in [-0.39, 0.29) is 12.5 Å². The first kappa shape index (κ1) is 14.5. The average molecular weight is 252 g/mol. The van der Waals surface area contributed by atoms with Gasteiger partial charge in [-0.25, -0.2) is 5.90 Å². The summed E-state index contributed by atoms with van der Waals surface area (Å²) in [6.07, 6.45) is 0.317. The normalized spacial score (nSPS) is 11.1. The van der Waals surface area contributed by atoms with Crippen LogP contribution in [0.15, 0.2) is 24.3 Å². The molecule has 0 saturated heterocycles. The molecule has 100 valence electrons. The molecular weight excluding hydrogens is 232 g/mol. The Hall–Kier alpha value is -1.59. The van der Waals surface area contributed by atoms with Gasteiger partial charge < -0.3 is 14.9 Å². The third-order valence-corrected chi connectivity index (χ3v) is 2.45. The highest BCUT2D eigenvalue weighted by Gasteiger charge is 2.20. The molecular formula is C13H20N2O3. The van der Waals surface area contributed by atoms with Crippen LogP contribution in [-0.2, 0) is 16.1 Å². The standard InChI is InChI=1S/C13H20N2O3/c1-13(2,9-18-14)15-12(16)8-10-4-6-11(17-3)7-5-10/h4-7H,8-9,14H2,1-3H3,(H,15,16). The number of amides is 1. The van der Waals surface area contributed by atoms with Gasteiger partial charge in [-0.3, -0.25) is 4.79 Å². The zero-order valence-corrected chi connectivity index (χ0v) is 11.0. The van der Waals surface area contributed by atoms with E-state index in [9.17, 15) is 4.79 Å². The van der Waals surface area contributed by atoms with Gasteiger partial charge in [0, 0.05) is 0 Å². The molecule has 1 amide bonds. The molecule has 1 aromatic rings. The molecule has 18 heavy (non-hydrogen) atoms. The largest absolute Gasteiger partial charge is 0.497 e. The minimum Gasteiger partial charge on any atom is -0.497 e. The second-order valence-electron chi connectivity index (χ2n) is 4.77. The molecule has 0 spiro atoms. The molecule has 0 bridgehead atoms. The maximum Gasteiger partial charge on any atom is 0.224 e. The minimum absolute atomic E-state index is 0.0674. The lowest BCUT2D eigenvalue weighted by Crippen LogP contribution is -2.48. The number of hydrogen-bond donors (Lipinski definition) is 2. The Kier molecular flexibility index (Phi) is 5.12. The Labute approximate surface area is 107 Å². The molecule has 1 rings (SSSR count). The van der Waals surface area contributed by atoms with Crippen LogP contribution in [0.5, 0.6) is 5.75 Å². The van der Waals surface area contributed by atoms with Gasteiger partial charge in [-0.1, -0.05) is 12.1 Å². The lowest BCUT2D eigenvalue weighted by atomic mass is 10.1. The number of benzene rings is 1. The zero-order valence-electron chi connectivity index (χ0n) is 11.0. The summed E-state index contributed by atoms with van der Waals surface area (Å²) >= 11 is 0. The fraction of sp³-hybridized carbons (Fsp3) is 0.462. The number of ether oxygens (including phenoxy) is 1. The van der Waals surface area contributed by atoms with Crippen molar-refractivity contribution in [2.75, 3.05) is 13.7 Å². The lowest BCUT2D eigenvalue weighted by Gasteiger charge is -2.24. The van der Waals surface area contributed by atoms with Crippen molar-refractivity contribution in [2.45, 2.75) is 25.8 Å². The monoisotopic (exact) mass is 252 g/mol. The fourth-order valence-corrected chi connectivity index (χ4v) is 1.59. The number of nitrogens with one attached hydrogen (secondary N) is 1. The number of nitrogens with two attached hydrogens (primary N) is 1. The molecule has 0 heterocycles. The van der Waals surface area contributed by atoms with Crippen molar-refractivity contribution in [2.24, 2.45) is 5.90 Å². The molecule has 0 aliphatic rings. The molecule has 0 radical (unpaired) electrons. The topological polar surface area (TPSA) is 73.6 Å². The van der Waals surface area contributed by atoms with Crippen LogP contribution in [0.25, 0.3) is 0 Å². The maximum atomic E-state index is 11.8. The van der Waals surface area contributed by atoms with Crippen molar-refractivity contribution in [3.05, 3.63) is 29.8 Å². The van der Waals surface area contributed by atoms with E-state index in [0.717, 1.165) is 11.3 Å². The first-order valence-corrected chi connectivity index (χ1v) is 5.72. The predicted molar refractivity (Wildman–Crippen MR) is 69.1 cm³/mol. The van der Waals surface area contributed by atoms with Crippen LogP contribution in [-0.4, -0.2) is 25.2 Å². The highest BCUT2D eigenvalue weighted by molar-refractivity contribution is 5.79. The Morgan fingerprint density at radius 2 is 1.94 bits per heavy atom. The van der Waals surface area contributed by atoms with E-state index in [0.29, 0.717) is 6.42 Å². The van der Waals surface area contributed by atoms with Crippen LogP contribution < -0.4 is 16.0 Å². The first-order chi connectivity index (χ1) is 8.46. The van der Waals surface area contributed by atoms with E-state index in [1.165, 1.54) is 0 Å². The number of carbonyl (C=O) groups is 1. The Balaban J connectivity index is 2.53. The van der Waals surface area contributed by atoms with E-state index < -0.39 is 5.54 Å². The molecule has 0 aromatic heterocycles. The van der Waals surface area contributed by atoms with Gasteiger partial charge in [-0.05, 0) is 31.5 Å². The van der Waals surface area contributed by atoms with Crippen molar-refractivity contribution in [1.29, 1.82) is 0 Å². The van der Waals surface area contributed by atoms with Crippen molar-refractivity contribution in [3.63, 3.8) is 0 Å². The van der Waals surface area contributed by atoms with E-state index in [1.54, 1.807) is 7.11 Å². The molecule has 5 heteroatoms. The summed E-state index contributed by atoms with van der Waals surface area (Å²) in [7, 11) is 1.61. The Morgan fingerprint density at radius 1 is 1.33 bits per heavy atom. The van der Waals surface area contributed by atoms with Crippen molar-refractivity contribution < 1.29 is 14.4 Å². The molecule has 3 N–H and O–H groups in total. The summed E-state index contributed by atoms with van der Waals surface area (Å²) in [5.74, 6) is 5.72. The first-order valence-electron chi connectivity index (χ1n) is 5.72. The van der Waals surface area contributed by atoms with Crippen molar-refractivity contribution >= 4 is 5.91 Å². The molecule has 1 aromatic carbocycles. The molecule has 0 atom stereocenters. The quantitative estimate of drug-likeness (QED) is 0.741. The van der Waals surface area contributed by atoms with Crippen LogP contribution in [0.1, 0.15) is 19.4 Å². The van der Waals surface area contributed by atoms with Crippen LogP contribution in [0.4, 0.5) is 0 Å². The second kappa shape index (κ2) is 6.37. The van der Waals surface area contributed by atoms with E-state index >= 15 is 0 Å². The van der Waals surface area contributed by atoms with E-state index in [1.807, 2.05) is 38.1 Å². The Bertz CT molecular complexity index is 388. The van der Waals surface area contributed by atoms with Gasteiger partial charge in [0.15, 0.2) is 0 Å². The number of hydrogen-bond acceptors (Lipinski definition) is 4. The maximum absolute atomic E-state index is 11.8.